The van der Waals surface area contributed by atoms with E-state index in [1.807, 2.05) is 0 Å². The van der Waals surface area contributed by atoms with Crippen molar-refractivity contribution in [2.24, 2.45) is 0 Å². The number of hydrogen-bond acceptors (Lipinski definition) is 6. The predicted octanol–water partition coefficient (Wildman–Crippen LogP) is -2.92. The first kappa shape index (κ1) is 13.7. The van der Waals surface area contributed by atoms with E-state index in [1.54, 1.807) is 0 Å². The number of hydrogen-bond donors (Lipinski definition) is 4. The normalized spacial score (nSPS) is 8.33. The Balaban J connectivity index is 0. The van der Waals surface area contributed by atoms with Crippen molar-refractivity contribution in [1.82, 2.24) is 0 Å². The van der Waals surface area contributed by atoms with E-state index in [1.165, 1.54) is 0 Å². The third-order valence-electron chi connectivity index (χ3n) is 0.705. The zero-order valence-electron chi connectivity index (χ0n) is 6.43. The van der Waals surface area contributed by atoms with Crippen molar-refractivity contribution in [2.75, 3.05) is 26.4 Å². The van der Waals surface area contributed by atoms with E-state index in [2.05, 4.69) is 0 Å². The van der Waals surface area contributed by atoms with Crippen molar-refractivity contribution < 1.29 is 30.0 Å². The van der Waals surface area contributed by atoms with E-state index in [-0.39, 0.29) is 0 Å². The third kappa shape index (κ3) is 11.9. The molecule has 4 N–H and O–H groups in total. The molecule has 0 rings (SSSR count). The number of ketones is 2. The van der Waals surface area contributed by atoms with E-state index in [0.717, 1.165) is 0 Å². The van der Waals surface area contributed by atoms with Crippen LogP contribution < -0.4 is 0 Å². The van der Waals surface area contributed by atoms with E-state index >= 15 is 0 Å². The lowest BCUT2D eigenvalue weighted by molar-refractivity contribution is -0.125. The zero-order valence-corrected chi connectivity index (χ0v) is 6.43. The fourth-order valence-corrected chi connectivity index (χ4v) is 0.1000. The molecule has 0 fully saturated rings. The van der Waals surface area contributed by atoms with Crippen LogP contribution in [0.3, 0.4) is 0 Å². The van der Waals surface area contributed by atoms with Crippen LogP contribution in [0.15, 0.2) is 0 Å². The summed E-state index contributed by atoms with van der Waals surface area (Å²) in [6.07, 6.45) is 0. The summed E-state index contributed by atoms with van der Waals surface area (Å²) in [6, 6.07) is 0. The molecule has 0 heterocycles. The molecule has 0 aliphatic carbocycles. The minimum absolute atomic E-state index is 0.546. The molecule has 12 heavy (non-hydrogen) atoms. The van der Waals surface area contributed by atoms with Crippen LogP contribution >= 0.6 is 0 Å². The second-order valence-electron chi connectivity index (χ2n) is 1.71. The summed E-state index contributed by atoms with van der Waals surface area (Å²) in [6.45, 7) is -2.24. The van der Waals surface area contributed by atoms with Crippen molar-refractivity contribution in [3.63, 3.8) is 0 Å². The fraction of sp³-hybridized carbons (Fsp3) is 0.667. The highest BCUT2D eigenvalue weighted by atomic mass is 16.3. The highest BCUT2D eigenvalue weighted by molar-refractivity contribution is 5.80. The molecule has 0 saturated heterocycles. The average Bonchev–Trinajstić information content (AvgIpc) is 2.16. The summed E-state index contributed by atoms with van der Waals surface area (Å²) in [5.41, 5.74) is 0. The van der Waals surface area contributed by atoms with Gasteiger partial charge in [-0.3, -0.25) is 9.59 Å². The Hall–Kier alpha value is -0.820. The summed E-state index contributed by atoms with van der Waals surface area (Å²) < 4.78 is 0. The number of aliphatic hydroxyl groups excluding tert-OH is 4. The Morgan fingerprint density at radius 1 is 0.667 bits per heavy atom. The van der Waals surface area contributed by atoms with Crippen LogP contribution in [-0.4, -0.2) is 58.4 Å². The molecule has 72 valence electrons. The van der Waals surface area contributed by atoms with Crippen molar-refractivity contribution in [2.45, 2.75) is 0 Å². The number of carbonyl (C=O) groups is 2. The number of carbonyl (C=O) groups excluding carboxylic acids is 2. The monoisotopic (exact) mass is 180 g/mol. The molecule has 0 amide bonds. The minimum atomic E-state index is -0.559. The van der Waals surface area contributed by atoms with E-state index < -0.39 is 38.0 Å². The first-order chi connectivity index (χ1) is 5.62. The van der Waals surface area contributed by atoms with Gasteiger partial charge in [-0.2, -0.15) is 0 Å². The molecule has 0 atom stereocenters. The van der Waals surface area contributed by atoms with Crippen LogP contribution in [0.25, 0.3) is 0 Å². The van der Waals surface area contributed by atoms with Gasteiger partial charge in [-0.25, -0.2) is 0 Å². The first-order valence-corrected chi connectivity index (χ1v) is 3.09. The lowest BCUT2D eigenvalue weighted by Gasteiger charge is -1.81. The summed E-state index contributed by atoms with van der Waals surface area (Å²) in [4.78, 5) is 19.4. The van der Waals surface area contributed by atoms with Gasteiger partial charge in [0.1, 0.15) is 26.4 Å². The Labute approximate surface area is 69.1 Å². The summed E-state index contributed by atoms with van der Waals surface area (Å²) in [7, 11) is 0. The van der Waals surface area contributed by atoms with Crippen LogP contribution in [0, 0.1) is 0 Å². The highest BCUT2D eigenvalue weighted by Gasteiger charge is 1.90. The van der Waals surface area contributed by atoms with Gasteiger partial charge in [-0.15, -0.1) is 0 Å². The number of rotatable bonds is 4. The third-order valence-corrected chi connectivity index (χ3v) is 0.705. The molecular formula is C6H12O6. The second-order valence-corrected chi connectivity index (χ2v) is 1.71. The van der Waals surface area contributed by atoms with Crippen molar-refractivity contribution in [1.29, 1.82) is 0 Å². The predicted molar refractivity (Wildman–Crippen MR) is 38.4 cm³/mol. The molecule has 0 spiro atoms. The van der Waals surface area contributed by atoms with E-state index in [0.29, 0.717) is 0 Å². The van der Waals surface area contributed by atoms with Gasteiger partial charge in [-0.1, -0.05) is 0 Å². The van der Waals surface area contributed by atoms with Gasteiger partial charge >= 0.3 is 0 Å². The molecule has 0 aliphatic heterocycles. The average molecular weight is 180 g/mol. The van der Waals surface area contributed by atoms with Crippen LogP contribution in [0.2, 0.25) is 0 Å². The summed E-state index contributed by atoms with van der Waals surface area (Å²) in [5.74, 6) is -1.09. The molecule has 0 bridgehead atoms. The van der Waals surface area contributed by atoms with Gasteiger partial charge in [0.05, 0.1) is 0 Å². The van der Waals surface area contributed by atoms with Gasteiger partial charge in [0.2, 0.25) is 0 Å². The molecule has 6 nitrogen and oxygen atoms in total. The smallest absolute Gasteiger partial charge is 0.183 e. The van der Waals surface area contributed by atoms with E-state index in [9.17, 15) is 9.59 Å². The van der Waals surface area contributed by atoms with Gasteiger partial charge in [0.25, 0.3) is 0 Å². The maximum Gasteiger partial charge on any atom is 0.183 e. The molecule has 6 heteroatoms. The molecule has 0 aromatic carbocycles. The minimum Gasteiger partial charge on any atom is -0.388 e. The summed E-state index contributed by atoms with van der Waals surface area (Å²) >= 11 is 0. The van der Waals surface area contributed by atoms with Crippen molar-refractivity contribution >= 4 is 11.6 Å². The first-order valence-electron chi connectivity index (χ1n) is 3.09. The molecular weight excluding hydrogens is 168 g/mol. The van der Waals surface area contributed by atoms with Crippen LogP contribution in [-0.2, 0) is 9.59 Å². The lowest BCUT2D eigenvalue weighted by Crippen LogP contribution is -2.07. The molecule has 0 aromatic heterocycles. The van der Waals surface area contributed by atoms with Gasteiger partial charge in [-0.05, 0) is 0 Å². The van der Waals surface area contributed by atoms with Crippen LogP contribution in [0.4, 0.5) is 0 Å². The zero-order chi connectivity index (χ0) is 9.98. The molecule has 0 aromatic rings. The number of Topliss-reactive ketones (excluding diaryl/α,β-unsaturated/α-hetero) is 2. The van der Waals surface area contributed by atoms with Gasteiger partial charge < -0.3 is 20.4 Å². The second kappa shape index (κ2) is 10.2. The molecule has 0 radical (unpaired) electrons. The topological polar surface area (TPSA) is 115 Å². The van der Waals surface area contributed by atoms with E-state index in [4.69, 9.17) is 20.4 Å². The maximum absolute atomic E-state index is 9.68. The Bertz CT molecular complexity index is 104. The molecule has 0 unspecified atom stereocenters. The van der Waals surface area contributed by atoms with Gasteiger partial charge in [0.15, 0.2) is 11.6 Å². The Kier molecular flexibility index (Phi) is 11.7. The van der Waals surface area contributed by atoms with Crippen molar-refractivity contribution in [3.05, 3.63) is 0 Å². The molecule has 0 saturated carbocycles. The maximum atomic E-state index is 9.68. The number of aliphatic hydroxyl groups is 4. The summed E-state index contributed by atoms with van der Waals surface area (Å²) in [5, 5.41) is 31.3. The Morgan fingerprint density at radius 3 is 0.833 bits per heavy atom. The van der Waals surface area contributed by atoms with Gasteiger partial charge in [0, 0.05) is 0 Å². The largest absolute Gasteiger partial charge is 0.388 e. The standard InChI is InChI=1S/2C3H6O3/c2*4-1-3(6)2-5/h2*4-5H,1-2H2. The fourth-order valence-electron chi connectivity index (χ4n) is 0.1000. The molecule has 0 aliphatic rings. The van der Waals surface area contributed by atoms with Crippen molar-refractivity contribution in [3.8, 4) is 0 Å². The van der Waals surface area contributed by atoms with Crippen LogP contribution in [0.5, 0.6) is 0 Å². The Morgan fingerprint density at radius 2 is 0.833 bits per heavy atom. The lowest BCUT2D eigenvalue weighted by atomic mass is 10.5. The quantitative estimate of drug-likeness (QED) is 0.368. The van der Waals surface area contributed by atoms with Crippen LogP contribution in [0.1, 0.15) is 0 Å². The SMILES string of the molecule is O=C(CO)CO.O=C(CO)CO. The highest BCUT2D eigenvalue weighted by Crippen LogP contribution is 1.60.